The number of primary sulfonamides is 2. The van der Waals surface area contributed by atoms with Crippen LogP contribution < -0.4 is 21.5 Å². The van der Waals surface area contributed by atoms with Crippen LogP contribution in [0, 0.1) is 34.1 Å². The summed E-state index contributed by atoms with van der Waals surface area (Å²) in [7, 11) is -9.43. The summed E-state index contributed by atoms with van der Waals surface area (Å²) in [5.41, 5.74) is 6.31. The smallest absolute Gasteiger partial charge is 0.478 e. The number of Topliss-reactive ketones (excluding diaryl/α,β-unsaturated/α-hetero) is 1. The number of hydrogen-bond acceptors (Lipinski definition) is 13. The zero-order valence-electron chi connectivity index (χ0n) is 26.5. The van der Waals surface area contributed by atoms with Crippen LogP contribution in [0.4, 0.5) is 17.1 Å². The molecule has 0 aromatic heterocycles. The molecule has 0 amide bonds. The minimum Gasteiger partial charge on any atom is -0.478 e. The molecule has 0 spiro atoms. The second-order valence-electron chi connectivity index (χ2n) is 10.4. The fraction of sp³-hybridized carbons (Fsp3) is 0.103. The number of anilines is 1. The number of carbonyl (C=O) groups is 2. The number of rotatable bonds is 9. The van der Waals surface area contributed by atoms with E-state index in [0.717, 1.165) is 18.2 Å². The molecule has 0 radical (unpaired) electrons. The summed E-state index contributed by atoms with van der Waals surface area (Å²) in [6, 6.07) is 15.9. The Hall–Kier alpha value is -5.10. The van der Waals surface area contributed by atoms with E-state index < -0.39 is 48.7 Å². The highest BCUT2D eigenvalue weighted by molar-refractivity contribution is 9.10. The van der Waals surface area contributed by atoms with Gasteiger partial charge in [0.05, 0.1) is 35.1 Å². The predicted molar refractivity (Wildman–Crippen MR) is 188 cm³/mol. The van der Waals surface area contributed by atoms with Crippen molar-refractivity contribution in [2.24, 2.45) is 10.3 Å². The van der Waals surface area contributed by atoms with Crippen molar-refractivity contribution in [1.82, 2.24) is 0 Å². The molecular formula is C29H29BBrN5O13S2. The van der Waals surface area contributed by atoms with Crippen LogP contribution in [0.3, 0.4) is 0 Å². The maximum atomic E-state index is 12.3. The van der Waals surface area contributed by atoms with Gasteiger partial charge in [0.25, 0.3) is 11.4 Å². The van der Waals surface area contributed by atoms with Gasteiger partial charge in [-0.2, -0.15) is 0 Å². The first-order valence-electron chi connectivity index (χ1n) is 13.8. The molecule has 4 rings (SSSR count). The highest BCUT2D eigenvalue weighted by Gasteiger charge is 2.25. The van der Waals surface area contributed by atoms with E-state index in [1.807, 2.05) is 0 Å². The Labute approximate surface area is 299 Å². The summed E-state index contributed by atoms with van der Waals surface area (Å²) < 4.78 is 44.9. The first-order chi connectivity index (χ1) is 23.4. The lowest BCUT2D eigenvalue weighted by Gasteiger charge is -2.07. The van der Waals surface area contributed by atoms with Gasteiger partial charge in [0.1, 0.15) is 0 Å². The Morgan fingerprint density at radius 2 is 1.25 bits per heavy atom. The molecule has 0 aliphatic carbocycles. The lowest BCUT2D eigenvalue weighted by Crippen LogP contribution is -2.32. The van der Waals surface area contributed by atoms with Crippen molar-refractivity contribution in [3.8, 4) is 0 Å². The van der Waals surface area contributed by atoms with Crippen molar-refractivity contribution in [3.05, 3.63) is 125 Å². The Morgan fingerprint density at radius 3 is 1.71 bits per heavy atom. The number of aryl methyl sites for hydroxylation is 2. The Kier molecular flexibility index (Phi) is 14.2. The van der Waals surface area contributed by atoms with Gasteiger partial charge in [-0.15, -0.1) is 0 Å². The SMILES string of the molecule is Cc1cc(CC(=O)c2ccc(Br)c([N+](=O)[O-])c2)ccc1S(N)(=O)=O.Cc1cc(N)ccc1S(N)(=O)=O.O=C(O)c1ccc(B(O)O)c([N+](=O)[O-])c1. The molecule has 18 nitrogen and oxygen atoms in total. The van der Waals surface area contributed by atoms with Crippen LogP contribution in [-0.4, -0.2) is 60.7 Å². The standard InChI is InChI=1S/C15H13BrN2O5S.C7H6BNO6.C7H10N2O2S/c1-9-6-10(2-5-15(9)24(17,22)23)7-14(19)11-3-4-12(16)13(8-11)18(20)21;10-7(11)4-1-2-5(8(12)13)6(3-4)9(14)15;1-5-4-6(8)2-3-7(5)12(9,10)11/h2-6,8H,7H2,1H3,(H2,17,22,23);1-3,12-13H,(H,10,11);2-4H,8H2,1H3,(H2,9,10,11). The van der Waals surface area contributed by atoms with Gasteiger partial charge < -0.3 is 20.9 Å². The maximum Gasteiger partial charge on any atom is 0.495 e. The van der Waals surface area contributed by atoms with Crippen LogP contribution >= 0.6 is 15.9 Å². The molecule has 0 saturated carbocycles. The number of nitro groups is 2. The Bertz CT molecular complexity index is 2240. The van der Waals surface area contributed by atoms with Gasteiger partial charge in [-0.25, -0.2) is 31.9 Å². The molecule has 0 saturated heterocycles. The summed E-state index contributed by atoms with van der Waals surface area (Å²) in [5, 5.41) is 57.6. The fourth-order valence-corrected chi connectivity index (χ4v) is 6.22. The summed E-state index contributed by atoms with van der Waals surface area (Å²) in [4.78, 5) is 42.9. The molecule has 4 aromatic carbocycles. The van der Waals surface area contributed by atoms with Gasteiger partial charge in [0, 0.05) is 29.8 Å². The third kappa shape index (κ3) is 12.0. The third-order valence-electron chi connectivity index (χ3n) is 6.63. The molecule has 270 valence electrons. The molecule has 4 aromatic rings. The van der Waals surface area contributed by atoms with Crippen LogP contribution in [0.15, 0.2) is 87.1 Å². The molecule has 0 aliphatic heterocycles. The maximum absolute atomic E-state index is 12.3. The molecule has 0 heterocycles. The second kappa shape index (κ2) is 17.2. The van der Waals surface area contributed by atoms with E-state index in [2.05, 4.69) is 15.9 Å². The van der Waals surface area contributed by atoms with Crippen molar-refractivity contribution in [3.63, 3.8) is 0 Å². The molecule has 0 aliphatic rings. The summed E-state index contributed by atoms with van der Waals surface area (Å²) in [5.74, 6) is -1.63. The zero-order valence-corrected chi connectivity index (χ0v) is 29.7. The van der Waals surface area contributed by atoms with Crippen LogP contribution in [0.2, 0.25) is 0 Å². The number of nitro benzene ring substituents is 2. The van der Waals surface area contributed by atoms with E-state index in [9.17, 15) is 46.7 Å². The number of aromatic carboxylic acids is 1. The van der Waals surface area contributed by atoms with E-state index in [4.69, 9.17) is 31.2 Å². The lowest BCUT2D eigenvalue weighted by atomic mass is 9.78. The number of carboxylic acids is 1. The predicted octanol–water partition coefficient (Wildman–Crippen LogP) is 1.94. The van der Waals surface area contributed by atoms with Gasteiger partial charge in [-0.05, 0) is 88.9 Å². The number of nitrogens with zero attached hydrogens (tertiary/aromatic N) is 2. The van der Waals surface area contributed by atoms with Crippen LogP contribution in [-0.2, 0) is 26.5 Å². The number of carbonyl (C=O) groups excluding carboxylic acids is 1. The topological polar surface area (TPSA) is 327 Å². The molecule has 0 bridgehead atoms. The summed E-state index contributed by atoms with van der Waals surface area (Å²) >= 11 is 3.06. The Morgan fingerprint density at radius 1 is 0.765 bits per heavy atom. The number of nitrogens with two attached hydrogens (primary N) is 3. The minimum atomic E-state index is -3.82. The van der Waals surface area contributed by atoms with E-state index >= 15 is 0 Å². The van der Waals surface area contributed by atoms with E-state index in [1.54, 1.807) is 26.0 Å². The van der Waals surface area contributed by atoms with E-state index in [0.29, 0.717) is 22.4 Å². The van der Waals surface area contributed by atoms with Crippen molar-refractivity contribution in [2.45, 2.75) is 30.1 Å². The molecule has 22 heteroatoms. The minimum absolute atomic E-state index is 0.00187. The van der Waals surface area contributed by atoms with Gasteiger partial charge in [-0.3, -0.25) is 25.0 Å². The number of carboxylic acid groups (broad SMARTS) is 1. The number of sulfonamides is 2. The molecule has 9 N–H and O–H groups in total. The van der Waals surface area contributed by atoms with E-state index in [-0.39, 0.29) is 48.7 Å². The molecular weight excluding hydrogens is 781 g/mol. The third-order valence-corrected chi connectivity index (χ3v) is 9.45. The average molecular weight is 810 g/mol. The Balaban J connectivity index is 0.000000286. The average Bonchev–Trinajstić information content (AvgIpc) is 3.00. The van der Waals surface area contributed by atoms with Crippen molar-refractivity contribution in [2.75, 3.05) is 5.73 Å². The highest BCUT2D eigenvalue weighted by Crippen LogP contribution is 2.26. The molecule has 51 heavy (non-hydrogen) atoms. The van der Waals surface area contributed by atoms with Crippen LogP contribution in [0.25, 0.3) is 0 Å². The molecule has 0 atom stereocenters. The van der Waals surface area contributed by atoms with Crippen molar-refractivity contribution in [1.29, 1.82) is 0 Å². The largest absolute Gasteiger partial charge is 0.495 e. The lowest BCUT2D eigenvalue weighted by molar-refractivity contribution is -0.385. The van der Waals surface area contributed by atoms with Crippen molar-refractivity contribution < 1.29 is 51.4 Å². The highest BCUT2D eigenvalue weighted by atomic mass is 79.9. The second-order valence-corrected chi connectivity index (χ2v) is 14.4. The fourth-order valence-electron chi connectivity index (χ4n) is 4.30. The van der Waals surface area contributed by atoms with Gasteiger partial charge in [0.15, 0.2) is 5.78 Å². The van der Waals surface area contributed by atoms with Crippen LogP contribution in [0.1, 0.15) is 37.4 Å². The number of halogens is 1. The molecule has 0 unspecified atom stereocenters. The van der Waals surface area contributed by atoms with Gasteiger partial charge >= 0.3 is 13.1 Å². The summed E-state index contributed by atoms with van der Waals surface area (Å²) in [6.45, 7) is 3.23. The quantitative estimate of drug-likeness (QED) is 0.0463. The number of benzene rings is 4. The van der Waals surface area contributed by atoms with Crippen molar-refractivity contribution >= 4 is 77.4 Å². The number of hydrogen-bond donors (Lipinski definition) is 6. The molecule has 0 fully saturated rings. The zero-order chi connectivity index (χ0) is 39.0. The van der Waals surface area contributed by atoms with Gasteiger partial charge in [0.2, 0.25) is 20.0 Å². The monoisotopic (exact) mass is 809 g/mol. The van der Waals surface area contributed by atoms with Crippen LogP contribution in [0.5, 0.6) is 0 Å². The first-order valence-corrected chi connectivity index (χ1v) is 17.7. The van der Waals surface area contributed by atoms with E-state index in [1.165, 1.54) is 42.5 Å². The summed E-state index contributed by atoms with van der Waals surface area (Å²) in [6.07, 6.45) is -0.00940. The first kappa shape index (κ1) is 42.1. The normalized spacial score (nSPS) is 10.9. The number of nitrogen functional groups attached to an aromatic ring is 1. The van der Waals surface area contributed by atoms with Gasteiger partial charge in [-0.1, -0.05) is 18.2 Å². The number of ketones is 1.